The highest BCUT2D eigenvalue weighted by Crippen LogP contribution is 2.31. The van der Waals surface area contributed by atoms with E-state index in [2.05, 4.69) is 20.0 Å². The molecular weight excluding hydrogens is 506 g/mol. The van der Waals surface area contributed by atoms with Crippen molar-refractivity contribution in [2.45, 2.75) is 4.90 Å². The Labute approximate surface area is 219 Å². The first kappa shape index (κ1) is 25.2. The summed E-state index contributed by atoms with van der Waals surface area (Å²) in [6.07, 6.45) is 0. The summed E-state index contributed by atoms with van der Waals surface area (Å²) in [4.78, 5) is 0.181. The lowest BCUT2D eigenvalue weighted by Crippen LogP contribution is -2.28. The zero-order valence-electron chi connectivity index (χ0n) is 20.7. The molecule has 0 atom stereocenters. The predicted molar refractivity (Wildman–Crippen MR) is 142 cm³/mol. The fraction of sp³-hybridized carbons (Fsp3) is 0.148. The number of rotatable bonds is 10. The molecule has 10 nitrogen and oxygen atoms in total. The highest BCUT2D eigenvalue weighted by Gasteiger charge is 2.15. The van der Waals surface area contributed by atoms with Gasteiger partial charge in [0.1, 0.15) is 6.61 Å². The number of hydrogen-bond donors (Lipinski definition) is 1. The molecule has 0 bridgehead atoms. The van der Waals surface area contributed by atoms with Gasteiger partial charge in [-0.1, -0.05) is 42.5 Å². The van der Waals surface area contributed by atoms with Gasteiger partial charge in [0.05, 0.1) is 19.1 Å². The summed E-state index contributed by atoms with van der Waals surface area (Å²) >= 11 is 0. The van der Waals surface area contributed by atoms with Crippen molar-refractivity contribution >= 4 is 15.7 Å². The molecule has 5 rings (SSSR count). The maximum Gasteiger partial charge on any atom is 0.240 e. The molecular formula is C27H25N5O5S. The molecule has 194 valence electrons. The van der Waals surface area contributed by atoms with E-state index in [1.807, 2.05) is 36.4 Å². The van der Waals surface area contributed by atoms with Gasteiger partial charge in [-0.2, -0.15) is 4.52 Å². The third kappa shape index (κ3) is 5.29. The Morgan fingerprint density at radius 2 is 1.50 bits per heavy atom. The van der Waals surface area contributed by atoms with Crippen molar-refractivity contribution in [3.8, 4) is 39.9 Å². The van der Waals surface area contributed by atoms with Gasteiger partial charge in [0.15, 0.2) is 23.0 Å². The molecule has 0 amide bonds. The first-order chi connectivity index (χ1) is 18.5. The number of hydrogen-bond acceptors (Lipinski definition) is 8. The van der Waals surface area contributed by atoms with E-state index in [9.17, 15) is 8.42 Å². The lowest BCUT2D eigenvalue weighted by atomic mass is 10.1. The first-order valence-electron chi connectivity index (χ1n) is 11.7. The minimum absolute atomic E-state index is 0.0627. The molecule has 0 aliphatic heterocycles. The fourth-order valence-electron chi connectivity index (χ4n) is 3.88. The van der Waals surface area contributed by atoms with Crippen LogP contribution in [0.5, 0.6) is 17.4 Å². The average molecular weight is 532 g/mol. The van der Waals surface area contributed by atoms with E-state index >= 15 is 0 Å². The Hall–Kier alpha value is -4.48. The Kier molecular flexibility index (Phi) is 7.20. The second-order valence-electron chi connectivity index (χ2n) is 8.17. The summed E-state index contributed by atoms with van der Waals surface area (Å²) in [7, 11) is -0.569. The zero-order chi connectivity index (χ0) is 26.5. The lowest BCUT2D eigenvalue weighted by molar-refractivity contribution is 0.306. The zero-order valence-corrected chi connectivity index (χ0v) is 21.6. The topological polar surface area (TPSA) is 117 Å². The quantitative estimate of drug-likeness (QED) is 0.270. The monoisotopic (exact) mass is 531 g/mol. The van der Waals surface area contributed by atoms with Gasteiger partial charge in [-0.25, -0.2) is 13.1 Å². The van der Waals surface area contributed by atoms with Crippen molar-refractivity contribution in [2.75, 3.05) is 27.4 Å². The third-order valence-corrected chi connectivity index (χ3v) is 7.27. The van der Waals surface area contributed by atoms with Crippen LogP contribution in [0.25, 0.3) is 28.2 Å². The molecule has 3 aromatic carbocycles. The van der Waals surface area contributed by atoms with Crippen LogP contribution in [0, 0.1) is 0 Å². The Balaban J connectivity index is 1.23. The minimum atomic E-state index is -3.69. The van der Waals surface area contributed by atoms with Crippen molar-refractivity contribution in [3.05, 3.63) is 84.9 Å². The second kappa shape index (κ2) is 10.9. The summed E-state index contributed by atoms with van der Waals surface area (Å²) in [6.45, 7) is 0.140. The standard InChI is InChI=1S/C27H25N5O5S/c1-35-23-13-10-21(18-24(23)36-2)27-30-29-25-14-15-26(31-32(25)27)37-17-16-28-38(33,34)22-11-8-20(9-12-22)19-6-4-3-5-7-19/h3-15,18,28H,16-17H2,1-2H3. The largest absolute Gasteiger partial charge is 0.493 e. The number of fused-ring (bicyclic) bond motifs is 1. The molecule has 2 aromatic heterocycles. The smallest absolute Gasteiger partial charge is 0.240 e. The van der Waals surface area contributed by atoms with Gasteiger partial charge < -0.3 is 14.2 Å². The lowest BCUT2D eigenvalue weighted by Gasteiger charge is -2.10. The van der Waals surface area contributed by atoms with Gasteiger partial charge in [0, 0.05) is 18.2 Å². The van der Waals surface area contributed by atoms with Crippen molar-refractivity contribution in [1.29, 1.82) is 0 Å². The van der Waals surface area contributed by atoms with Gasteiger partial charge in [0.2, 0.25) is 15.9 Å². The number of ether oxygens (including phenoxy) is 3. The molecule has 0 fully saturated rings. The molecule has 0 unspecified atom stereocenters. The van der Waals surface area contributed by atoms with E-state index in [-0.39, 0.29) is 18.0 Å². The van der Waals surface area contributed by atoms with Crippen LogP contribution in [-0.4, -0.2) is 55.6 Å². The van der Waals surface area contributed by atoms with E-state index in [4.69, 9.17) is 14.2 Å². The molecule has 0 saturated carbocycles. The Bertz CT molecular complexity index is 1660. The number of sulfonamides is 1. The first-order valence-corrected chi connectivity index (χ1v) is 13.2. The van der Waals surface area contributed by atoms with Crippen LogP contribution in [0.4, 0.5) is 0 Å². The van der Waals surface area contributed by atoms with Crippen LogP contribution in [-0.2, 0) is 10.0 Å². The molecule has 5 aromatic rings. The number of aromatic nitrogens is 4. The van der Waals surface area contributed by atoms with Crippen molar-refractivity contribution < 1.29 is 22.6 Å². The van der Waals surface area contributed by atoms with E-state index in [1.165, 1.54) is 0 Å². The molecule has 0 aliphatic rings. The van der Waals surface area contributed by atoms with Gasteiger partial charge in [-0.3, -0.25) is 0 Å². The van der Waals surface area contributed by atoms with Crippen molar-refractivity contribution in [2.24, 2.45) is 0 Å². The van der Waals surface area contributed by atoms with Gasteiger partial charge >= 0.3 is 0 Å². The average Bonchev–Trinajstić information content (AvgIpc) is 3.39. The third-order valence-electron chi connectivity index (χ3n) is 5.80. The van der Waals surface area contributed by atoms with E-state index in [0.29, 0.717) is 28.9 Å². The molecule has 0 radical (unpaired) electrons. The van der Waals surface area contributed by atoms with Crippen LogP contribution < -0.4 is 18.9 Å². The maximum atomic E-state index is 12.7. The van der Waals surface area contributed by atoms with Gasteiger partial charge in [-0.15, -0.1) is 15.3 Å². The Morgan fingerprint density at radius 1 is 0.789 bits per heavy atom. The van der Waals surface area contributed by atoms with Crippen LogP contribution in [0.3, 0.4) is 0 Å². The number of nitrogens with one attached hydrogen (secondary N) is 1. The molecule has 1 N–H and O–H groups in total. The predicted octanol–water partition coefficient (Wildman–Crippen LogP) is 3.83. The fourth-order valence-corrected chi connectivity index (χ4v) is 4.89. The van der Waals surface area contributed by atoms with Crippen LogP contribution >= 0.6 is 0 Å². The normalized spacial score (nSPS) is 11.4. The molecule has 2 heterocycles. The summed E-state index contributed by atoms with van der Waals surface area (Å²) in [5, 5.41) is 12.8. The molecule has 0 saturated heterocycles. The SMILES string of the molecule is COc1ccc(-c2nnc3ccc(OCCNS(=O)(=O)c4ccc(-c5ccccc5)cc4)nn23)cc1OC. The van der Waals surface area contributed by atoms with E-state index in [1.54, 1.807) is 67.3 Å². The summed E-state index contributed by atoms with van der Waals surface area (Å²) < 4.78 is 45.9. The second-order valence-corrected chi connectivity index (χ2v) is 9.94. The van der Waals surface area contributed by atoms with Crippen LogP contribution in [0.2, 0.25) is 0 Å². The summed E-state index contributed by atoms with van der Waals surface area (Å²) in [6, 6.07) is 25.3. The van der Waals surface area contributed by atoms with Crippen LogP contribution in [0.15, 0.2) is 89.8 Å². The van der Waals surface area contributed by atoms with E-state index < -0.39 is 10.0 Å². The molecule has 11 heteroatoms. The maximum absolute atomic E-state index is 12.7. The number of benzene rings is 3. The highest BCUT2D eigenvalue weighted by molar-refractivity contribution is 7.89. The summed E-state index contributed by atoms with van der Waals surface area (Å²) in [5.74, 6) is 1.93. The minimum Gasteiger partial charge on any atom is -0.493 e. The summed E-state index contributed by atoms with van der Waals surface area (Å²) in [5.41, 5.74) is 3.22. The van der Waals surface area contributed by atoms with Crippen molar-refractivity contribution in [3.63, 3.8) is 0 Å². The highest BCUT2D eigenvalue weighted by atomic mass is 32.2. The molecule has 0 spiro atoms. The van der Waals surface area contributed by atoms with Gasteiger partial charge in [-0.05, 0) is 47.5 Å². The molecule has 0 aliphatic carbocycles. The number of methoxy groups -OCH3 is 2. The molecule has 38 heavy (non-hydrogen) atoms. The van der Waals surface area contributed by atoms with E-state index in [0.717, 1.165) is 16.7 Å². The van der Waals surface area contributed by atoms with Gasteiger partial charge in [0.25, 0.3) is 0 Å². The Morgan fingerprint density at radius 3 is 2.24 bits per heavy atom. The number of nitrogens with zero attached hydrogens (tertiary/aromatic N) is 4. The van der Waals surface area contributed by atoms with Crippen molar-refractivity contribution in [1.82, 2.24) is 24.5 Å². The van der Waals surface area contributed by atoms with Crippen LogP contribution in [0.1, 0.15) is 0 Å².